The maximum absolute atomic E-state index is 11.5. The van der Waals surface area contributed by atoms with E-state index in [1.54, 1.807) is 6.92 Å². The quantitative estimate of drug-likeness (QED) is 0.120. The van der Waals surface area contributed by atoms with Crippen LogP contribution in [-0.2, 0) is 29.0 Å². The minimum atomic E-state index is -1.13. The van der Waals surface area contributed by atoms with Crippen molar-refractivity contribution in [3.05, 3.63) is 35.4 Å². The summed E-state index contributed by atoms with van der Waals surface area (Å²) in [6.07, 6.45) is 11.0. The molecule has 0 amide bonds. The summed E-state index contributed by atoms with van der Waals surface area (Å²) in [5.41, 5.74) is 11.5. The number of rotatable bonds is 15. The molecule has 1 aromatic carbocycles. The number of ether oxygens (including phenoxy) is 1. The van der Waals surface area contributed by atoms with E-state index in [1.807, 2.05) is 0 Å². The molecule has 2 unspecified atom stereocenters. The molecule has 248 valence electrons. The number of carbonyl (C=O) groups is 3. The second-order valence-electron chi connectivity index (χ2n) is 13.0. The monoisotopic (exact) mass is 672 g/mol. The molecule has 6 N–H and O–H groups in total. The molecule has 1 aromatic rings. The van der Waals surface area contributed by atoms with E-state index in [4.69, 9.17) is 26.4 Å². The molecule has 0 aliphatic heterocycles. The molecule has 0 spiro atoms. The topological polar surface area (TPSA) is 199 Å². The van der Waals surface area contributed by atoms with Crippen LogP contribution in [0, 0.1) is 16.2 Å². The largest absolute Gasteiger partial charge is 2.00 e. The van der Waals surface area contributed by atoms with Gasteiger partial charge in [0.2, 0.25) is 0 Å². The number of carboxylic acid groups (broad SMARTS) is 2. The minimum Gasteiger partial charge on any atom is -0.854 e. The van der Waals surface area contributed by atoms with Crippen LogP contribution in [0.1, 0.15) is 126 Å². The number of unbranched alkanes of at least 4 members (excludes halogenated alkanes) is 5. The molecule has 1 saturated carbocycles. The first-order chi connectivity index (χ1) is 20.1. The van der Waals surface area contributed by atoms with Gasteiger partial charge < -0.3 is 36.6 Å². The van der Waals surface area contributed by atoms with E-state index in [0.29, 0.717) is 24.3 Å². The van der Waals surface area contributed by atoms with Gasteiger partial charge in [0.15, 0.2) is 0 Å². The number of carbonyl (C=O) groups excluding carboxylic acids is 1. The molecule has 0 bridgehead atoms. The van der Waals surface area contributed by atoms with Crippen LogP contribution in [0.15, 0.2) is 24.3 Å². The van der Waals surface area contributed by atoms with Crippen molar-refractivity contribution in [3.8, 4) is 0 Å². The Morgan fingerprint density at radius 1 is 0.955 bits per heavy atom. The molecule has 1 fully saturated rings. The molecule has 0 heterocycles. The van der Waals surface area contributed by atoms with Crippen molar-refractivity contribution < 1.29 is 59.0 Å². The van der Waals surface area contributed by atoms with Crippen molar-refractivity contribution in [2.75, 3.05) is 26.4 Å². The number of nitrogens with two attached hydrogens (primary N) is 2. The van der Waals surface area contributed by atoms with E-state index in [-0.39, 0.29) is 48.6 Å². The van der Waals surface area contributed by atoms with Gasteiger partial charge in [-0.05, 0) is 73.1 Å². The third kappa shape index (κ3) is 18.2. The van der Waals surface area contributed by atoms with Gasteiger partial charge in [0.1, 0.15) is 0 Å². The summed E-state index contributed by atoms with van der Waals surface area (Å²) in [6.45, 7) is 10.6. The maximum atomic E-state index is 11.5. The Hall–Kier alpha value is -1.91. The fourth-order valence-electron chi connectivity index (χ4n) is 5.44. The first kappa shape index (κ1) is 44.2. The molecule has 10 nitrogen and oxygen atoms in total. The number of hydrogen-bond acceptors (Lipinski definition) is 8. The molecule has 1 aliphatic carbocycles. The Bertz CT molecular complexity index is 933. The number of benzene rings is 1. The number of carboxylic acids is 2. The maximum Gasteiger partial charge on any atom is 2.00 e. The van der Waals surface area contributed by atoms with E-state index in [2.05, 4.69) is 27.7 Å². The Balaban J connectivity index is 0. The summed E-state index contributed by atoms with van der Waals surface area (Å²) in [6, 6.07) is 5.54. The minimum absolute atomic E-state index is 0. The van der Waals surface area contributed by atoms with E-state index in [9.17, 15) is 24.6 Å². The fourth-order valence-corrected chi connectivity index (χ4v) is 5.44. The van der Waals surface area contributed by atoms with Crippen LogP contribution >= 0.6 is 0 Å². The molecule has 2 atom stereocenters. The normalized spacial score (nSPS) is 18.8. The number of esters is 1. The van der Waals surface area contributed by atoms with Gasteiger partial charge in [-0.3, -0.25) is 4.79 Å². The molecule has 11 heteroatoms. The van der Waals surface area contributed by atoms with Crippen LogP contribution in [0.2, 0.25) is 0 Å². The van der Waals surface area contributed by atoms with Crippen molar-refractivity contribution in [2.45, 2.75) is 111 Å². The Labute approximate surface area is 277 Å². The standard InChI is InChI=1S/C15H28O4.C10H22N2.C8H6O4.Zn/c1-3-5-6-7-8-9-10-14(18)19-13-15(4-2,11-16)12-17;1-9(2)4-8(12)5-10(3,6-9)7-11;9-7(10)5-2-1-3-6(4-5)8(11)12;/h3-13H2,1-2H3;8H,4-7,11-12H2,1-3H3;1-4H,(H,9,10)(H,11,12);/q-2;;;+2. The summed E-state index contributed by atoms with van der Waals surface area (Å²) in [5.74, 6) is -2.54. The third-order valence-electron chi connectivity index (χ3n) is 7.96. The van der Waals surface area contributed by atoms with Crippen LogP contribution < -0.4 is 21.7 Å². The van der Waals surface area contributed by atoms with Gasteiger partial charge in [0, 0.05) is 12.5 Å². The van der Waals surface area contributed by atoms with E-state index in [1.165, 1.54) is 43.9 Å². The van der Waals surface area contributed by atoms with Gasteiger partial charge in [-0.1, -0.05) is 72.8 Å². The predicted octanol–water partition coefficient (Wildman–Crippen LogP) is 3.97. The van der Waals surface area contributed by atoms with Gasteiger partial charge in [0.05, 0.1) is 17.7 Å². The van der Waals surface area contributed by atoms with Gasteiger partial charge in [-0.25, -0.2) is 9.59 Å². The van der Waals surface area contributed by atoms with Gasteiger partial charge in [-0.15, -0.1) is 13.2 Å². The molecular formula is C33H56N2O8Zn. The smallest absolute Gasteiger partial charge is 0.854 e. The summed E-state index contributed by atoms with van der Waals surface area (Å²) in [5, 5.41) is 39.0. The zero-order valence-electron chi connectivity index (χ0n) is 27.7. The van der Waals surface area contributed by atoms with Crippen LogP contribution in [0.3, 0.4) is 0 Å². The summed E-state index contributed by atoms with van der Waals surface area (Å²) in [4.78, 5) is 32.3. The Morgan fingerprint density at radius 2 is 1.48 bits per heavy atom. The van der Waals surface area contributed by atoms with Crippen LogP contribution in [0.25, 0.3) is 0 Å². The van der Waals surface area contributed by atoms with Crippen molar-refractivity contribution in [2.24, 2.45) is 27.7 Å². The van der Waals surface area contributed by atoms with E-state index < -0.39 is 30.6 Å². The summed E-state index contributed by atoms with van der Waals surface area (Å²) in [7, 11) is 0. The first-order valence-electron chi connectivity index (χ1n) is 15.5. The van der Waals surface area contributed by atoms with Crippen molar-refractivity contribution in [1.29, 1.82) is 0 Å². The molecule has 1 aliphatic rings. The molecule has 0 aromatic heterocycles. The van der Waals surface area contributed by atoms with Gasteiger partial charge in [0.25, 0.3) is 0 Å². The zero-order valence-corrected chi connectivity index (χ0v) is 30.7. The molecular weight excluding hydrogens is 618 g/mol. The Morgan fingerprint density at radius 3 is 1.91 bits per heavy atom. The third-order valence-corrected chi connectivity index (χ3v) is 7.96. The molecule has 44 heavy (non-hydrogen) atoms. The first-order valence-corrected chi connectivity index (χ1v) is 15.5. The van der Waals surface area contributed by atoms with Crippen LogP contribution in [0.4, 0.5) is 0 Å². The van der Waals surface area contributed by atoms with Crippen molar-refractivity contribution in [1.82, 2.24) is 0 Å². The SMILES string of the molecule is CC1(C)CC(N)CC(C)(CN)C1.CCCCCCCCC(=O)OCC(CC)(C[O-])C[O-].O=C(O)c1cccc(C(=O)O)c1.[Zn+2]. The van der Waals surface area contributed by atoms with Crippen LogP contribution in [-0.4, -0.2) is 60.5 Å². The predicted molar refractivity (Wildman–Crippen MR) is 165 cm³/mol. The number of aromatic carboxylic acids is 2. The average molecular weight is 674 g/mol. The fraction of sp³-hybridized carbons (Fsp3) is 0.727. The number of hydrogen-bond donors (Lipinski definition) is 4. The average Bonchev–Trinajstić information content (AvgIpc) is 2.95. The van der Waals surface area contributed by atoms with E-state index in [0.717, 1.165) is 44.7 Å². The summed E-state index contributed by atoms with van der Waals surface area (Å²) < 4.78 is 5.07. The second-order valence-corrected chi connectivity index (χ2v) is 13.0. The molecule has 2 rings (SSSR count). The molecule has 0 radical (unpaired) electrons. The summed E-state index contributed by atoms with van der Waals surface area (Å²) >= 11 is 0. The van der Waals surface area contributed by atoms with E-state index >= 15 is 0 Å². The van der Waals surface area contributed by atoms with Crippen LogP contribution in [0.5, 0.6) is 0 Å². The zero-order chi connectivity index (χ0) is 33.1. The van der Waals surface area contributed by atoms with Crippen molar-refractivity contribution >= 4 is 17.9 Å². The van der Waals surface area contributed by atoms with Gasteiger partial charge in [-0.2, -0.15) is 0 Å². The second kappa shape index (κ2) is 22.6. The molecule has 0 saturated heterocycles. The van der Waals surface area contributed by atoms with Gasteiger partial charge >= 0.3 is 37.4 Å². The Kier molecular flexibility index (Phi) is 22.7. The van der Waals surface area contributed by atoms with Crippen molar-refractivity contribution in [3.63, 3.8) is 0 Å².